The first-order valence-electron chi connectivity index (χ1n) is 15.0. The molecule has 266 valence electrons. The highest BCUT2D eigenvalue weighted by Crippen LogP contribution is 2.19. The Kier molecular flexibility index (Phi) is 15.4. The Balaban J connectivity index is 2.51. The number of aliphatic hydroxyl groups is 2. The Hall–Kier alpha value is -4.12. The van der Waals surface area contributed by atoms with Gasteiger partial charge in [-0.1, -0.05) is 27.7 Å². The zero-order valence-electron chi connectivity index (χ0n) is 27.4. The van der Waals surface area contributed by atoms with Crippen LogP contribution in [0.1, 0.15) is 38.8 Å². The summed E-state index contributed by atoms with van der Waals surface area (Å²) in [5.41, 5.74) is -0.217. The van der Waals surface area contributed by atoms with Crippen LogP contribution in [0.3, 0.4) is 0 Å². The van der Waals surface area contributed by atoms with Crippen LogP contribution in [-0.4, -0.2) is 84.4 Å². The van der Waals surface area contributed by atoms with E-state index in [1.807, 2.05) is 0 Å². The number of benzene rings is 2. The average molecular weight is 687 g/mol. The standard InChI is InChI=1S/C32H42F4N4O8/c1-15(2)23(29(43)37-5)39-31(45)27(47-13-17-7-19(33)11-20(34)8-17)25(41)26(42)28(32(46)40-24(16(3)4)30(44)38-6)48-14-18-9-21(35)12-22(36)10-18/h7-12,15-16,23-28,41-42H,13-14H2,1-6H3,(H,37,43)(H,38,44)(H,39,45)(H,40,46)/t23-,24-,25+,26+,27+,28+/m0/s1. The number of hydrogen-bond donors (Lipinski definition) is 6. The SMILES string of the molecule is CNC(=O)[C@@H](NC(=O)[C@H](OCc1cc(F)cc(F)c1)[C@H](O)[C@@H](O)[C@@H](OCc1cc(F)cc(F)c1)C(=O)N[C@H](C(=O)NC)C(C)C)C(C)C. The van der Waals surface area contributed by atoms with Crippen molar-refractivity contribution in [2.24, 2.45) is 11.8 Å². The lowest BCUT2D eigenvalue weighted by molar-refractivity contribution is -0.171. The van der Waals surface area contributed by atoms with Gasteiger partial charge in [0.15, 0.2) is 12.2 Å². The van der Waals surface area contributed by atoms with Gasteiger partial charge in [-0.3, -0.25) is 19.2 Å². The monoisotopic (exact) mass is 686 g/mol. The van der Waals surface area contributed by atoms with Gasteiger partial charge in [0.25, 0.3) is 11.8 Å². The Morgan fingerprint density at radius 1 is 0.583 bits per heavy atom. The molecule has 0 aliphatic rings. The van der Waals surface area contributed by atoms with E-state index in [1.54, 1.807) is 27.7 Å². The second kappa shape index (κ2) is 18.4. The van der Waals surface area contributed by atoms with E-state index in [-0.39, 0.29) is 11.1 Å². The first-order chi connectivity index (χ1) is 22.5. The number of carbonyl (C=O) groups excluding carboxylic acids is 4. The van der Waals surface area contributed by atoms with E-state index in [4.69, 9.17) is 9.47 Å². The number of nitrogens with one attached hydrogen (secondary N) is 4. The second-order valence-electron chi connectivity index (χ2n) is 11.7. The third kappa shape index (κ3) is 11.5. The number of aliphatic hydroxyl groups excluding tert-OH is 2. The van der Waals surface area contributed by atoms with Gasteiger partial charge in [0.05, 0.1) is 13.2 Å². The molecule has 0 saturated heterocycles. The lowest BCUT2D eigenvalue weighted by Gasteiger charge is -2.32. The smallest absolute Gasteiger partial charge is 0.252 e. The lowest BCUT2D eigenvalue weighted by atomic mass is 9.98. The molecule has 2 rings (SSSR count). The van der Waals surface area contributed by atoms with Crippen molar-refractivity contribution < 1.29 is 56.4 Å². The fourth-order valence-corrected chi connectivity index (χ4v) is 4.63. The van der Waals surface area contributed by atoms with Crippen molar-refractivity contribution in [3.8, 4) is 0 Å². The van der Waals surface area contributed by atoms with Gasteiger partial charge >= 0.3 is 0 Å². The number of amides is 4. The van der Waals surface area contributed by atoms with Gasteiger partial charge in [-0.2, -0.15) is 0 Å². The molecule has 0 fully saturated rings. The van der Waals surface area contributed by atoms with Gasteiger partial charge in [0, 0.05) is 26.2 Å². The highest BCUT2D eigenvalue weighted by molar-refractivity contribution is 5.91. The van der Waals surface area contributed by atoms with Gasteiger partial charge in [-0.25, -0.2) is 17.6 Å². The number of rotatable bonds is 17. The van der Waals surface area contributed by atoms with E-state index in [9.17, 15) is 47.0 Å². The highest BCUT2D eigenvalue weighted by Gasteiger charge is 2.43. The van der Waals surface area contributed by atoms with Gasteiger partial charge in [0.1, 0.15) is 47.6 Å². The molecule has 16 heteroatoms. The van der Waals surface area contributed by atoms with Crippen molar-refractivity contribution >= 4 is 23.6 Å². The molecule has 0 saturated carbocycles. The summed E-state index contributed by atoms with van der Waals surface area (Å²) in [4.78, 5) is 51.9. The fraction of sp³-hybridized carbons (Fsp3) is 0.500. The number of hydrogen-bond acceptors (Lipinski definition) is 8. The minimum Gasteiger partial charge on any atom is -0.387 e. The van der Waals surface area contributed by atoms with Gasteiger partial charge in [-0.05, 0) is 47.2 Å². The Morgan fingerprint density at radius 3 is 1.12 bits per heavy atom. The van der Waals surface area contributed by atoms with Crippen molar-refractivity contribution in [3.63, 3.8) is 0 Å². The Labute approximate surface area is 275 Å². The van der Waals surface area contributed by atoms with Crippen molar-refractivity contribution in [2.45, 2.75) is 77.4 Å². The number of likely N-dealkylation sites (N-methyl/N-ethyl adjacent to an activating group) is 2. The maximum atomic E-state index is 13.9. The molecule has 6 atom stereocenters. The van der Waals surface area contributed by atoms with Gasteiger partial charge < -0.3 is 41.0 Å². The minimum atomic E-state index is -2.33. The van der Waals surface area contributed by atoms with Crippen LogP contribution in [-0.2, 0) is 41.9 Å². The van der Waals surface area contributed by atoms with Crippen molar-refractivity contribution in [3.05, 3.63) is 70.8 Å². The maximum absolute atomic E-state index is 13.9. The summed E-state index contributed by atoms with van der Waals surface area (Å²) in [6.45, 7) is 5.07. The van der Waals surface area contributed by atoms with Crippen molar-refractivity contribution in [1.82, 2.24) is 21.3 Å². The van der Waals surface area contributed by atoms with E-state index in [1.165, 1.54) is 14.1 Å². The molecule has 0 aliphatic carbocycles. The molecule has 4 amide bonds. The topological polar surface area (TPSA) is 175 Å². The molecule has 0 aromatic heterocycles. The summed E-state index contributed by atoms with van der Waals surface area (Å²) >= 11 is 0. The Morgan fingerprint density at radius 2 is 0.875 bits per heavy atom. The lowest BCUT2D eigenvalue weighted by Crippen LogP contribution is -2.60. The molecule has 0 aliphatic heterocycles. The molecule has 2 aromatic carbocycles. The fourth-order valence-electron chi connectivity index (χ4n) is 4.63. The van der Waals surface area contributed by atoms with Crippen LogP contribution in [0.4, 0.5) is 17.6 Å². The van der Waals surface area contributed by atoms with E-state index >= 15 is 0 Å². The predicted octanol–water partition coefficient (Wildman–Crippen LogP) is 1.21. The van der Waals surface area contributed by atoms with Crippen LogP contribution in [0.5, 0.6) is 0 Å². The average Bonchev–Trinajstić information content (AvgIpc) is 3.00. The third-order valence-corrected chi connectivity index (χ3v) is 7.18. The number of carbonyl (C=O) groups is 4. The van der Waals surface area contributed by atoms with Gasteiger partial charge in [-0.15, -0.1) is 0 Å². The molecule has 0 radical (unpaired) electrons. The molecular formula is C32H42F4N4O8. The number of halogens is 4. The van der Waals surface area contributed by atoms with Crippen molar-refractivity contribution in [1.29, 1.82) is 0 Å². The molecule has 0 unspecified atom stereocenters. The van der Waals surface area contributed by atoms with E-state index in [2.05, 4.69) is 21.3 Å². The predicted molar refractivity (Wildman–Crippen MR) is 164 cm³/mol. The molecule has 0 spiro atoms. The molecular weight excluding hydrogens is 644 g/mol. The minimum absolute atomic E-state index is 0.109. The zero-order chi connectivity index (χ0) is 36.3. The molecule has 2 aromatic rings. The summed E-state index contributed by atoms with van der Waals surface area (Å²) in [6, 6.07) is 2.43. The number of ether oxygens (including phenoxy) is 2. The molecule has 6 N–H and O–H groups in total. The quantitative estimate of drug-likeness (QED) is 0.135. The summed E-state index contributed by atoms with van der Waals surface area (Å²) in [5, 5.41) is 32.2. The molecule has 48 heavy (non-hydrogen) atoms. The Bertz CT molecular complexity index is 1280. The molecule has 0 heterocycles. The van der Waals surface area contributed by atoms with Crippen LogP contribution in [0.25, 0.3) is 0 Å². The first kappa shape index (κ1) is 40.1. The first-order valence-corrected chi connectivity index (χ1v) is 15.0. The van der Waals surface area contributed by atoms with Crippen LogP contribution >= 0.6 is 0 Å². The van der Waals surface area contributed by atoms with E-state index in [0.717, 1.165) is 24.3 Å². The summed E-state index contributed by atoms with van der Waals surface area (Å²) in [6.07, 6.45) is -8.86. The molecule has 12 nitrogen and oxygen atoms in total. The van der Waals surface area contributed by atoms with E-state index in [0.29, 0.717) is 12.1 Å². The second-order valence-corrected chi connectivity index (χ2v) is 11.7. The summed E-state index contributed by atoms with van der Waals surface area (Å²) < 4.78 is 66.5. The van der Waals surface area contributed by atoms with Crippen molar-refractivity contribution in [2.75, 3.05) is 14.1 Å². The van der Waals surface area contributed by atoms with Crippen LogP contribution < -0.4 is 21.3 Å². The van der Waals surface area contributed by atoms with E-state index < -0.39 is 108 Å². The maximum Gasteiger partial charge on any atom is 0.252 e. The summed E-state index contributed by atoms with van der Waals surface area (Å²) in [7, 11) is 2.65. The third-order valence-electron chi connectivity index (χ3n) is 7.18. The van der Waals surface area contributed by atoms with Gasteiger partial charge in [0.2, 0.25) is 11.8 Å². The molecule has 0 bridgehead atoms. The van der Waals surface area contributed by atoms with Crippen LogP contribution in [0, 0.1) is 35.1 Å². The zero-order valence-corrected chi connectivity index (χ0v) is 27.4. The van der Waals surface area contributed by atoms with Crippen LogP contribution in [0.2, 0.25) is 0 Å². The normalized spacial score (nSPS) is 15.2. The highest BCUT2D eigenvalue weighted by atomic mass is 19.1. The summed E-state index contributed by atoms with van der Waals surface area (Å²) in [5.74, 6) is -8.38. The largest absolute Gasteiger partial charge is 0.387 e. The van der Waals surface area contributed by atoms with Crippen LogP contribution in [0.15, 0.2) is 36.4 Å².